The molecule has 6 nitrogen and oxygen atoms in total. The van der Waals surface area contributed by atoms with Gasteiger partial charge in [-0.1, -0.05) is 11.6 Å². The quantitative estimate of drug-likeness (QED) is 0.429. The smallest absolute Gasteiger partial charge is 0.262 e. The number of hydrogen-bond donors (Lipinski definition) is 2. The van der Waals surface area contributed by atoms with E-state index in [4.69, 9.17) is 11.6 Å². The first-order chi connectivity index (χ1) is 15.6. The van der Waals surface area contributed by atoms with E-state index in [2.05, 4.69) is 37.3 Å². The number of nitrogens with zero attached hydrogens (tertiary/aromatic N) is 3. The van der Waals surface area contributed by atoms with Crippen LogP contribution in [-0.2, 0) is 0 Å². The molecule has 32 heavy (non-hydrogen) atoms. The van der Waals surface area contributed by atoms with Crippen LogP contribution in [0.4, 0.5) is 21.6 Å². The monoisotopic (exact) mass is 449 g/mol. The van der Waals surface area contributed by atoms with Gasteiger partial charge in [0.25, 0.3) is 5.56 Å². The molecule has 5 rings (SSSR count). The van der Waals surface area contributed by atoms with Crippen molar-refractivity contribution in [3.05, 3.63) is 76.1 Å². The maximum Gasteiger partial charge on any atom is 0.262 e. The van der Waals surface area contributed by atoms with Crippen LogP contribution in [0.25, 0.3) is 22.2 Å². The van der Waals surface area contributed by atoms with Crippen molar-refractivity contribution in [3.8, 4) is 11.3 Å². The number of piperidine rings is 1. The van der Waals surface area contributed by atoms with Crippen molar-refractivity contribution < 1.29 is 4.39 Å². The zero-order valence-electron chi connectivity index (χ0n) is 17.2. The van der Waals surface area contributed by atoms with Crippen molar-refractivity contribution in [2.24, 2.45) is 0 Å². The fourth-order valence-corrected chi connectivity index (χ4v) is 4.32. The van der Waals surface area contributed by atoms with Gasteiger partial charge in [0.2, 0.25) is 0 Å². The van der Waals surface area contributed by atoms with E-state index in [1.807, 2.05) is 12.1 Å². The van der Waals surface area contributed by atoms with Crippen molar-refractivity contribution in [2.45, 2.75) is 19.3 Å². The van der Waals surface area contributed by atoms with Crippen molar-refractivity contribution in [2.75, 3.05) is 23.3 Å². The van der Waals surface area contributed by atoms with Crippen molar-refractivity contribution in [1.29, 1.82) is 0 Å². The number of aromatic nitrogens is 3. The summed E-state index contributed by atoms with van der Waals surface area (Å²) in [5.41, 5.74) is 3.19. The Labute approximate surface area is 189 Å². The van der Waals surface area contributed by atoms with Crippen LogP contribution in [0, 0.1) is 5.82 Å². The van der Waals surface area contributed by atoms with Crippen LogP contribution in [0.5, 0.6) is 0 Å². The summed E-state index contributed by atoms with van der Waals surface area (Å²) >= 11 is 6.26. The molecule has 1 fully saturated rings. The van der Waals surface area contributed by atoms with Crippen LogP contribution in [0.1, 0.15) is 19.3 Å². The van der Waals surface area contributed by atoms with E-state index in [9.17, 15) is 9.18 Å². The second kappa shape index (κ2) is 8.59. The van der Waals surface area contributed by atoms with Gasteiger partial charge in [-0.15, -0.1) is 0 Å². The van der Waals surface area contributed by atoms with E-state index in [-0.39, 0.29) is 10.6 Å². The molecular formula is C24H21ClFN5O. The van der Waals surface area contributed by atoms with Gasteiger partial charge in [0.15, 0.2) is 0 Å². The standard InChI is InChI=1S/C24H21ClFN5O/c25-19-12-15(26)4-9-18(19)20-13-21-22(24(32)28-14-27-21)23(30-20)29-16-5-7-17(8-6-16)31-10-2-1-3-11-31/h4-9,12-14H,1-3,10-11H2,(H,29,30)(H,27,28,32). The summed E-state index contributed by atoms with van der Waals surface area (Å²) in [4.78, 5) is 26.5. The van der Waals surface area contributed by atoms with Gasteiger partial charge in [-0.05, 0) is 67.8 Å². The average Bonchev–Trinajstić information content (AvgIpc) is 2.80. The summed E-state index contributed by atoms with van der Waals surface area (Å²) in [5, 5.41) is 3.83. The number of pyridine rings is 1. The number of nitrogens with one attached hydrogen (secondary N) is 2. The van der Waals surface area contributed by atoms with E-state index < -0.39 is 5.82 Å². The van der Waals surface area contributed by atoms with E-state index in [0.717, 1.165) is 18.8 Å². The minimum Gasteiger partial charge on any atom is -0.372 e. The normalized spacial score (nSPS) is 14.0. The molecule has 3 heterocycles. The summed E-state index contributed by atoms with van der Waals surface area (Å²) in [6.07, 6.45) is 5.05. The highest BCUT2D eigenvalue weighted by atomic mass is 35.5. The lowest BCUT2D eigenvalue weighted by molar-refractivity contribution is 0.578. The van der Waals surface area contributed by atoms with Crippen LogP contribution in [0.3, 0.4) is 0 Å². The Morgan fingerprint density at radius 3 is 2.56 bits per heavy atom. The number of hydrogen-bond acceptors (Lipinski definition) is 5. The number of anilines is 3. The van der Waals surface area contributed by atoms with Crippen molar-refractivity contribution in [1.82, 2.24) is 15.0 Å². The zero-order chi connectivity index (χ0) is 22.1. The Morgan fingerprint density at radius 1 is 1.03 bits per heavy atom. The molecule has 1 aliphatic heterocycles. The topological polar surface area (TPSA) is 73.9 Å². The molecule has 0 spiro atoms. The Kier molecular flexibility index (Phi) is 5.49. The van der Waals surface area contributed by atoms with Crippen LogP contribution < -0.4 is 15.8 Å². The Hall–Kier alpha value is -3.45. The number of rotatable bonds is 4. The first-order valence-electron chi connectivity index (χ1n) is 10.5. The van der Waals surface area contributed by atoms with Gasteiger partial charge in [0, 0.05) is 30.0 Å². The largest absolute Gasteiger partial charge is 0.372 e. The predicted octanol–water partition coefficient (Wildman–Crippen LogP) is 5.51. The minimum atomic E-state index is -0.429. The molecule has 1 saturated heterocycles. The fourth-order valence-electron chi connectivity index (χ4n) is 4.06. The SMILES string of the molecule is O=c1[nH]cnc2cc(-c3ccc(F)cc3Cl)nc(Nc3ccc(N4CCCCC4)cc3)c12. The third kappa shape index (κ3) is 4.03. The summed E-state index contributed by atoms with van der Waals surface area (Å²) in [6.45, 7) is 2.14. The third-order valence-electron chi connectivity index (χ3n) is 5.68. The predicted molar refractivity (Wildman–Crippen MR) is 126 cm³/mol. The summed E-state index contributed by atoms with van der Waals surface area (Å²) < 4.78 is 13.5. The number of H-pyrrole nitrogens is 1. The van der Waals surface area contributed by atoms with E-state index >= 15 is 0 Å². The van der Waals surface area contributed by atoms with E-state index in [1.54, 1.807) is 12.1 Å². The number of aromatic amines is 1. The van der Waals surface area contributed by atoms with Gasteiger partial charge in [-0.2, -0.15) is 0 Å². The van der Waals surface area contributed by atoms with Crippen LogP contribution >= 0.6 is 11.6 Å². The Bertz CT molecular complexity index is 1330. The first-order valence-corrected chi connectivity index (χ1v) is 10.9. The highest BCUT2D eigenvalue weighted by Gasteiger charge is 2.15. The second-order valence-electron chi connectivity index (χ2n) is 7.83. The molecule has 8 heteroatoms. The molecule has 2 aromatic heterocycles. The molecule has 0 aliphatic carbocycles. The molecule has 162 valence electrons. The fraction of sp³-hybridized carbons (Fsp3) is 0.208. The highest BCUT2D eigenvalue weighted by Crippen LogP contribution is 2.32. The van der Waals surface area contributed by atoms with Crippen LogP contribution in [-0.4, -0.2) is 28.0 Å². The van der Waals surface area contributed by atoms with Gasteiger partial charge in [0.1, 0.15) is 17.0 Å². The van der Waals surface area contributed by atoms with E-state index in [1.165, 1.54) is 43.4 Å². The third-order valence-corrected chi connectivity index (χ3v) is 6.00. The molecule has 0 saturated carbocycles. The second-order valence-corrected chi connectivity index (χ2v) is 8.23. The Morgan fingerprint density at radius 2 is 1.81 bits per heavy atom. The van der Waals surface area contributed by atoms with Gasteiger partial charge >= 0.3 is 0 Å². The number of benzene rings is 2. The molecule has 0 unspecified atom stereocenters. The molecular weight excluding hydrogens is 429 g/mol. The highest BCUT2D eigenvalue weighted by molar-refractivity contribution is 6.33. The Balaban J connectivity index is 1.54. The molecule has 0 amide bonds. The molecule has 0 radical (unpaired) electrons. The van der Waals surface area contributed by atoms with Gasteiger partial charge < -0.3 is 15.2 Å². The van der Waals surface area contributed by atoms with Gasteiger partial charge in [-0.25, -0.2) is 14.4 Å². The summed E-state index contributed by atoms with van der Waals surface area (Å²) in [7, 11) is 0. The lowest BCUT2D eigenvalue weighted by Gasteiger charge is -2.28. The molecule has 2 N–H and O–H groups in total. The van der Waals surface area contributed by atoms with Gasteiger partial charge in [-0.3, -0.25) is 4.79 Å². The van der Waals surface area contributed by atoms with E-state index in [0.29, 0.717) is 28.0 Å². The molecule has 4 aromatic rings. The maximum absolute atomic E-state index is 13.5. The average molecular weight is 450 g/mol. The minimum absolute atomic E-state index is 0.235. The summed E-state index contributed by atoms with van der Waals surface area (Å²) in [6, 6.07) is 13.9. The van der Waals surface area contributed by atoms with Crippen LogP contribution in [0.2, 0.25) is 5.02 Å². The van der Waals surface area contributed by atoms with Crippen molar-refractivity contribution >= 4 is 39.7 Å². The van der Waals surface area contributed by atoms with Gasteiger partial charge in [0.05, 0.1) is 22.6 Å². The summed E-state index contributed by atoms with van der Waals surface area (Å²) in [5.74, 6) is -0.0702. The molecule has 2 aromatic carbocycles. The lowest BCUT2D eigenvalue weighted by Crippen LogP contribution is -2.29. The molecule has 0 bridgehead atoms. The maximum atomic E-state index is 13.5. The molecule has 0 atom stereocenters. The number of halogens is 2. The van der Waals surface area contributed by atoms with Crippen LogP contribution in [0.15, 0.2) is 59.7 Å². The lowest BCUT2D eigenvalue weighted by atomic mass is 10.1. The van der Waals surface area contributed by atoms with Crippen molar-refractivity contribution in [3.63, 3.8) is 0 Å². The first kappa shape index (κ1) is 20.5. The number of fused-ring (bicyclic) bond motifs is 1. The zero-order valence-corrected chi connectivity index (χ0v) is 18.0. The molecule has 1 aliphatic rings.